The van der Waals surface area contributed by atoms with Crippen LogP contribution in [0.2, 0.25) is 0 Å². The highest BCUT2D eigenvalue weighted by atomic mass is 16.2. The highest BCUT2D eigenvalue weighted by molar-refractivity contribution is 5.81. The maximum Gasteiger partial charge on any atom is 0.244 e. The van der Waals surface area contributed by atoms with Crippen molar-refractivity contribution in [3.8, 4) is 22.4 Å². The average molecular weight is 495 g/mol. The van der Waals surface area contributed by atoms with Gasteiger partial charge in [0.05, 0.1) is 0 Å². The Balaban J connectivity index is 1.21. The molecule has 1 saturated heterocycles. The Morgan fingerprint density at radius 2 is 1.62 bits per heavy atom. The Morgan fingerprint density at radius 3 is 2.30 bits per heavy atom. The number of nitrogens with zero attached hydrogens (tertiary/aromatic N) is 7. The summed E-state index contributed by atoms with van der Waals surface area (Å²) in [5.74, 6) is 0.696. The Kier molecular flexibility index (Phi) is 6.36. The number of nitrogens with one attached hydrogen (secondary N) is 1. The predicted molar refractivity (Wildman–Crippen MR) is 142 cm³/mol. The quantitative estimate of drug-likeness (QED) is 0.441. The predicted octanol–water partition coefficient (Wildman–Crippen LogP) is 2.76. The van der Waals surface area contributed by atoms with Gasteiger partial charge in [0.2, 0.25) is 11.9 Å². The first-order valence-electron chi connectivity index (χ1n) is 12.7. The minimum absolute atomic E-state index is 0.0804. The van der Waals surface area contributed by atoms with Crippen LogP contribution in [-0.4, -0.2) is 79.7 Å². The van der Waals surface area contributed by atoms with E-state index >= 15 is 0 Å². The fraction of sp³-hybridized carbons (Fsp3) is 0.321. The summed E-state index contributed by atoms with van der Waals surface area (Å²) in [4.78, 5) is 30.5. The Morgan fingerprint density at radius 1 is 0.946 bits per heavy atom. The van der Waals surface area contributed by atoms with Gasteiger partial charge < -0.3 is 15.1 Å². The summed E-state index contributed by atoms with van der Waals surface area (Å²) in [6.07, 6.45) is 11.0. The lowest BCUT2D eigenvalue weighted by Crippen LogP contribution is -2.48. The Bertz CT molecular complexity index is 1350. The zero-order valence-corrected chi connectivity index (χ0v) is 20.9. The molecule has 188 valence electrons. The second-order valence-electron chi connectivity index (χ2n) is 9.82. The summed E-state index contributed by atoms with van der Waals surface area (Å²) < 4.78 is 1.73. The molecule has 1 N–H and O–H groups in total. The van der Waals surface area contributed by atoms with E-state index < -0.39 is 0 Å². The van der Waals surface area contributed by atoms with Gasteiger partial charge in [-0.3, -0.25) is 14.5 Å². The molecule has 1 aliphatic carbocycles. The van der Waals surface area contributed by atoms with E-state index in [0.717, 1.165) is 61.4 Å². The van der Waals surface area contributed by atoms with Crippen molar-refractivity contribution in [3.05, 3.63) is 78.5 Å². The number of likely N-dealkylation sites (N-methyl/N-ethyl adjacent to an activating group) is 1. The van der Waals surface area contributed by atoms with Gasteiger partial charge in [-0.25, -0.2) is 9.97 Å². The van der Waals surface area contributed by atoms with Gasteiger partial charge in [-0.2, -0.15) is 5.10 Å². The zero-order chi connectivity index (χ0) is 25.2. The number of carbonyl (C=O) groups excluding carboxylic acids is 1. The lowest BCUT2D eigenvalue weighted by atomic mass is 10.1. The molecule has 9 heteroatoms. The molecule has 0 saturated carbocycles. The number of hydrogen-bond donors (Lipinski definition) is 1. The number of rotatable bonds is 6. The number of pyridine rings is 1. The molecule has 3 aromatic heterocycles. The number of amides is 1. The summed E-state index contributed by atoms with van der Waals surface area (Å²) >= 11 is 0. The zero-order valence-electron chi connectivity index (χ0n) is 20.9. The number of anilines is 1. The van der Waals surface area contributed by atoms with E-state index in [0.29, 0.717) is 12.0 Å². The van der Waals surface area contributed by atoms with E-state index in [9.17, 15) is 4.79 Å². The van der Waals surface area contributed by atoms with Crippen LogP contribution in [0.3, 0.4) is 0 Å². The number of benzene rings is 1. The molecular weight excluding hydrogens is 464 g/mol. The number of hydrogen-bond acceptors (Lipinski definition) is 7. The Hall–Kier alpha value is -4.11. The fourth-order valence-corrected chi connectivity index (χ4v) is 5.12. The molecule has 0 bridgehead atoms. The van der Waals surface area contributed by atoms with Crippen LogP contribution < -0.4 is 5.32 Å². The van der Waals surface area contributed by atoms with Crippen LogP contribution in [0.1, 0.15) is 11.1 Å². The number of fused-ring (bicyclic) bond motifs is 1. The molecule has 1 amide bonds. The van der Waals surface area contributed by atoms with Crippen molar-refractivity contribution in [3.63, 3.8) is 0 Å². The van der Waals surface area contributed by atoms with Crippen molar-refractivity contribution >= 4 is 11.9 Å². The molecule has 0 atom stereocenters. The highest BCUT2D eigenvalue weighted by Gasteiger charge is 2.23. The third-order valence-electron chi connectivity index (χ3n) is 7.22. The molecule has 9 nitrogen and oxygen atoms in total. The molecule has 2 aliphatic rings. The molecule has 37 heavy (non-hydrogen) atoms. The van der Waals surface area contributed by atoms with Gasteiger partial charge in [0, 0.05) is 79.9 Å². The van der Waals surface area contributed by atoms with E-state index in [1.807, 2.05) is 35.6 Å². The van der Waals surface area contributed by atoms with Gasteiger partial charge in [0.15, 0.2) is 0 Å². The van der Waals surface area contributed by atoms with Gasteiger partial charge >= 0.3 is 0 Å². The maximum absolute atomic E-state index is 13.0. The number of carbonyl (C=O) groups is 1. The third kappa shape index (κ3) is 5.08. The minimum atomic E-state index is 0.0804. The molecule has 1 aromatic carbocycles. The largest absolute Gasteiger partial charge is 0.351 e. The summed E-state index contributed by atoms with van der Waals surface area (Å²) in [7, 11) is 2.08. The van der Waals surface area contributed by atoms with E-state index in [4.69, 9.17) is 5.10 Å². The first kappa shape index (κ1) is 23.3. The van der Waals surface area contributed by atoms with Gasteiger partial charge in [-0.1, -0.05) is 24.3 Å². The summed E-state index contributed by atoms with van der Waals surface area (Å²) in [5, 5.41) is 8.27. The summed E-state index contributed by atoms with van der Waals surface area (Å²) in [6, 6.07) is 12.7. The second-order valence-corrected chi connectivity index (χ2v) is 9.82. The van der Waals surface area contributed by atoms with Crippen LogP contribution in [0.5, 0.6) is 0 Å². The molecule has 0 spiro atoms. The molecule has 0 radical (unpaired) electrons. The minimum Gasteiger partial charge on any atom is -0.351 e. The van der Waals surface area contributed by atoms with Crippen molar-refractivity contribution in [1.82, 2.24) is 34.5 Å². The topological polar surface area (TPSA) is 92.1 Å². The molecule has 0 unspecified atom stereocenters. The van der Waals surface area contributed by atoms with Crippen molar-refractivity contribution in [2.24, 2.45) is 0 Å². The van der Waals surface area contributed by atoms with Gasteiger partial charge in [0.25, 0.3) is 0 Å². The average Bonchev–Trinajstić information content (AvgIpc) is 3.54. The van der Waals surface area contributed by atoms with Crippen LogP contribution >= 0.6 is 0 Å². The fourth-order valence-electron chi connectivity index (χ4n) is 5.12. The first-order valence-corrected chi connectivity index (χ1v) is 12.7. The number of aromatic nitrogens is 5. The van der Waals surface area contributed by atoms with E-state index in [1.165, 1.54) is 11.1 Å². The van der Waals surface area contributed by atoms with Crippen molar-refractivity contribution < 1.29 is 4.79 Å². The van der Waals surface area contributed by atoms with E-state index in [2.05, 4.69) is 56.5 Å². The van der Waals surface area contributed by atoms with Gasteiger partial charge in [0.1, 0.15) is 12.2 Å². The molecule has 4 aromatic rings. The van der Waals surface area contributed by atoms with Gasteiger partial charge in [-0.15, -0.1) is 0 Å². The van der Waals surface area contributed by atoms with Crippen LogP contribution in [0.25, 0.3) is 22.4 Å². The second kappa shape index (κ2) is 10.1. The molecular formula is C28H30N8O. The van der Waals surface area contributed by atoms with E-state index in [1.54, 1.807) is 17.1 Å². The van der Waals surface area contributed by atoms with Crippen molar-refractivity contribution in [2.45, 2.75) is 25.4 Å². The van der Waals surface area contributed by atoms with Gasteiger partial charge in [-0.05, 0) is 43.1 Å². The van der Waals surface area contributed by atoms with Crippen molar-refractivity contribution in [1.29, 1.82) is 0 Å². The lowest BCUT2D eigenvalue weighted by molar-refractivity contribution is -0.133. The normalized spacial score (nSPS) is 16.1. The van der Waals surface area contributed by atoms with Crippen molar-refractivity contribution in [2.75, 3.05) is 38.5 Å². The number of piperazine rings is 1. The monoisotopic (exact) mass is 494 g/mol. The molecule has 6 rings (SSSR count). The molecule has 1 aliphatic heterocycles. The molecule has 1 fully saturated rings. The molecule has 4 heterocycles. The van der Waals surface area contributed by atoms with E-state index in [-0.39, 0.29) is 12.5 Å². The van der Waals surface area contributed by atoms with Crippen LogP contribution in [-0.2, 0) is 24.2 Å². The van der Waals surface area contributed by atoms with Crippen LogP contribution in [0.15, 0.2) is 67.4 Å². The summed E-state index contributed by atoms with van der Waals surface area (Å²) in [5.41, 5.74) is 6.22. The van der Waals surface area contributed by atoms with Crippen LogP contribution in [0.4, 0.5) is 5.95 Å². The Labute approximate surface area is 216 Å². The summed E-state index contributed by atoms with van der Waals surface area (Å²) in [6.45, 7) is 3.47. The maximum atomic E-state index is 13.0. The standard InChI is InChI=1S/C28H30N8O/c1-34-10-12-35(13-11-34)26(37)19-36-18-25(27(33-36)20-6-8-29-9-7-20)23-16-30-28(31-17-23)32-24-14-21-4-2-3-5-22(21)15-24/h2-9,16-18,24H,10-15,19H2,1H3,(H,30,31,32). The third-order valence-corrected chi connectivity index (χ3v) is 7.22. The SMILES string of the molecule is CN1CCN(C(=O)Cn2cc(-c3cnc(NC4Cc5ccccc5C4)nc3)c(-c3ccncc3)n2)CC1. The highest BCUT2D eigenvalue weighted by Crippen LogP contribution is 2.31. The van der Waals surface area contributed by atoms with Crippen LogP contribution in [0, 0.1) is 0 Å². The first-order chi connectivity index (χ1) is 18.1. The smallest absolute Gasteiger partial charge is 0.244 e. The lowest BCUT2D eigenvalue weighted by Gasteiger charge is -2.32.